The number of carbonyl (C=O) groups is 2. The molecule has 5 nitrogen and oxygen atoms in total. The summed E-state index contributed by atoms with van der Waals surface area (Å²) in [5.74, 6) is 0.258. The zero-order chi connectivity index (χ0) is 17.6. The van der Waals surface area contributed by atoms with E-state index in [0.717, 1.165) is 6.42 Å². The van der Waals surface area contributed by atoms with Gasteiger partial charge in [-0.15, -0.1) is 0 Å². The van der Waals surface area contributed by atoms with Crippen LogP contribution in [0.3, 0.4) is 0 Å². The zero-order valence-electron chi connectivity index (χ0n) is 14.3. The summed E-state index contributed by atoms with van der Waals surface area (Å²) >= 11 is 0. The lowest BCUT2D eigenvalue weighted by atomic mass is 9.99. The first kappa shape index (κ1) is 17.0. The van der Waals surface area contributed by atoms with Crippen LogP contribution in [-0.2, 0) is 22.6 Å². The van der Waals surface area contributed by atoms with Crippen molar-refractivity contribution in [1.29, 1.82) is 0 Å². The van der Waals surface area contributed by atoms with E-state index in [1.165, 1.54) is 11.1 Å². The second-order valence-corrected chi connectivity index (χ2v) is 6.17. The second kappa shape index (κ2) is 7.83. The van der Waals surface area contributed by atoms with Crippen molar-refractivity contribution in [3.8, 4) is 5.75 Å². The summed E-state index contributed by atoms with van der Waals surface area (Å²) in [7, 11) is 0. The highest BCUT2D eigenvalue weighted by Gasteiger charge is 2.25. The summed E-state index contributed by atoms with van der Waals surface area (Å²) < 4.78 is 5.40. The number of hydrogen-bond donors (Lipinski definition) is 1. The van der Waals surface area contributed by atoms with E-state index in [4.69, 9.17) is 4.74 Å². The molecular formula is C20H22N2O3. The maximum absolute atomic E-state index is 12.6. The van der Waals surface area contributed by atoms with Crippen molar-refractivity contribution in [2.24, 2.45) is 0 Å². The van der Waals surface area contributed by atoms with Crippen molar-refractivity contribution in [3.63, 3.8) is 0 Å². The smallest absolute Gasteiger partial charge is 0.258 e. The van der Waals surface area contributed by atoms with Crippen LogP contribution < -0.4 is 10.1 Å². The lowest BCUT2D eigenvalue weighted by Gasteiger charge is -2.31. The van der Waals surface area contributed by atoms with Gasteiger partial charge in [0.2, 0.25) is 5.91 Å². The molecule has 2 aromatic rings. The van der Waals surface area contributed by atoms with E-state index in [1.807, 2.05) is 36.4 Å². The molecule has 0 radical (unpaired) electrons. The van der Waals surface area contributed by atoms with Gasteiger partial charge in [0.25, 0.3) is 5.91 Å². The van der Waals surface area contributed by atoms with Gasteiger partial charge in [-0.05, 0) is 36.6 Å². The van der Waals surface area contributed by atoms with Gasteiger partial charge in [-0.2, -0.15) is 0 Å². The lowest BCUT2D eigenvalue weighted by molar-refractivity contribution is -0.137. The first-order valence-electron chi connectivity index (χ1n) is 8.46. The maximum Gasteiger partial charge on any atom is 0.258 e. The van der Waals surface area contributed by atoms with Crippen LogP contribution in [-0.4, -0.2) is 35.9 Å². The summed E-state index contributed by atoms with van der Waals surface area (Å²) in [6, 6.07) is 16.7. The van der Waals surface area contributed by atoms with Gasteiger partial charge in [-0.1, -0.05) is 42.5 Å². The molecule has 130 valence electrons. The molecule has 2 aromatic carbocycles. The topological polar surface area (TPSA) is 58.6 Å². The van der Waals surface area contributed by atoms with Crippen molar-refractivity contribution in [1.82, 2.24) is 10.2 Å². The summed E-state index contributed by atoms with van der Waals surface area (Å²) in [4.78, 5) is 26.4. The average molecular weight is 338 g/mol. The van der Waals surface area contributed by atoms with Gasteiger partial charge < -0.3 is 15.0 Å². The number of rotatable bonds is 5. The Morgan fingerprint density at radius 1 is 1.08 bits per heavy atom. The van der Waals surface area contributed by atoms with E-state index in [1.54, 1.807) is 24.0 Å². The normalized spacial score (nSPS) is 14.4. The Balaban J connectivity index is 1.50. The van der Waals surface area contributed by atoms with Crippen molar-refractivity contribution < 1.29 is 14.3 Å². The minimum atomic E-state index is -0.572. The highest BCUT2D eigenvalue weighted by Crippen LogP contribution is 2.19. The molecule has 0 bridgehead atoms. The van der Waals surface area contributed by atoms with Gasteiger partial charge >= 0.3 is 0 Å². The molecular weight excluding hydrogens is 316 g/mol. The molecule has 0 saturated heterocycles. The molecule has 1 aliphatic rings. The van der Waals surface area contributed by atoms with E-state index >= 15 is 0 Å². The largest absolute Gasteiger partial charge is 0.484 e. The number of nitrogens with zero attached hydrogens (tertiary/aromatic N) is 1. The molecule has 0 aromatic heterocycles. The lowest BCUT2D eigenvalue weighted by Crippen LogP contribution is -2.49. The predicted octanol–water partition coefficient (Wildman–Crippen LogP) is 2.15. The van der Waals surface area contributed by atoms with Gasteiger partial charge in [0.15, 0.2) is 6.61 Å². The highest BCUT2D eigenvalue weighted by molar-refractivity contribution is 5.88. The van der Waals surface area contributed by atoms with Gasteiger partial charge in [0, 0.05) is 13.1 Å². The summed E-state index contributed by atoms with van der Waals surface area (Å²) in [5, 5.41) is 2.72. The molecule has 1 N–H and O–H groups in total. The van der Waals surface area contributed by atoms with Crippen LogP contribution in [0.4, 0.5) is 0 Å². The number of amides is 2. The van der Waals surface area contributed by atoms with Crippen LogP contribution in [0.25, 0.3) is 0 Å². The predicted molar refractivity (Wildman–Crippen MR) is 95.1 cm³/mol. The number of fused-ring (bicyclic) bond motifs is 1. The second-order valence-electron chi connectivity index (χ2n) is 6.17. The Kier molecular flexibility index (Phi) is 5.33. The molecule has 5 heteroatoms. The molecule has 1 heterocycles. The summed E-state index contributed by atoms with van der Waals surface area (Å²) in [5.41, 5.74) is 2.47. The molecule has 0 spiro atoms. The number of nitrogens with one attached hydrogen (secondary N) is 1. The Morgan fingerprint density at radius 3 is 2.52 bits per heavy atom. The van der Waals surface area contributed by atoms with Crippen molar-refractivity contribution in [3.05, 3.63) is 65.7 Å². The summed E-state index contributed by atoms with van der Waals surface area (Å²) in [6.07, 6.45) is 0.847. The Labute approximate surface area is 147 Å². The number of para-hydroxylation sites is 1. The molecule has 2 amide bonds. The molecule has 0 fully saturated rings. The fourth-order valence-corrected chi connectivity index (χ4v) is 2.97. The maximum atomic E-state index is 12.6. The van der Waals surface area contributed by atoms with Crippen molar-refractivity contribution in [2.75, 3.05) is 13.2 Å². The zero-order valence-corrected chi connectivity index (χ0v) is 14.3. The average Bonchev–Trinajstić information content (AvgIpc) is 2.66. The molecule has 3 rings (SSSR count). The third kappa shape index (κ3) is 4.38. The SMILES string of the molecule is C[C@@H](NC(=O)COc1ccccc1)C(=O)N1CCc2ccccc2C1. The third-order valence-electron chi connectivity index (χ3n) is 4.30. The monoisotopic (exact) mass is 338 g/mol. The minimum absolute atomic E-state index is 0.0671. The minimum Gasteiger partial charge on any atom is -0.484 e. The van der Waals surface area contributed by atoms with Gasteiger partial charge in [0.1, 0.15) is 11.8 Å². The van der Waals surface area contributed by atoms with E-state index in [9.17, 15) is 9.59 Å². The van der Waals surface area contributed by atoms with Crippen molar-refractivity contribution in [2.45, 2.75) is 25.9 Å². The van der Waals surface area contributed by atoms with E-state index < -0.39 is 6.04 Å². The third-order valence-corrected chi connectivity index (χ3v) is 4.30. The molecule has 0 aliphatic carbocycles. The summed E-state index contributed by atoms with van der Waals surface area (Å²) in [6.45, 7) is 2.88. The van der Waals surface area contributed by atoms with Crippen molar-refractivity contribution >= 4 is 11.8 Å². The highest BCUT2D eigenvalue weighted by atomic mass is 16.5. The van der Waals surface area contributed by atoms with Crippen LogP contribution in [0.1, 0.15) is 18.1 Å². The first-order valence-corrected chi connectivity index (χ1v) is 8.46. The van der Waals surface area contributed by atoms with Crippen LogP contribution in [0.15, 0.2) is 54.6 Å². The van der Waals surface area contributed by atoms with Crippen LogP contribution in [0.5, 0.6) is 5.75 Å². The molecule has 0 unspecified atom stereocenters. The molecule has 1 atom stereocenters. The standard InChI is InChI=1S/C20H22N2O3/c1-15(21-19(23)14-25-18-9-3-2-4-10-18)20(24)22-12-11-16-7-5-6-8-17(16)13-22/h2-10,15H,11-14H2,1H3,(H,21,23)/t15-/m1/s1. The molecule has 0 saturated carbocycles. The molecule has 1 aliphatic heterocycles. The molecule has 25 heavy (non-hydrogen) atoms. The Morgan fingerprint density at radius 2 is 1.76 bits per heavy atom. The van der Waals surface area contributed by atoms with Gasteiger partial charge in [-0.25, -0.2) is 0 Å². The fraction of sp³-hybridized carbons (Fsp3) is 0.300. The Bertz CT molecular complexity index is 746. The number of hydrogen-bond acceptors (Lipinski definition) is 3. The number of benzene rings is 2. The van der Waals surface area contributed by atoms with Gasteiger partial charge in [-0.3, -0.25) is 9.59 Å². The van der Waals surface area contributed by atoms with Crippen LogP contribution in [0, 0.1) is 0 Å². The fourth-order valence-electron chi connectivity index (χ4n) is 2.97. The van der Waals surface area contributed by atoms with E-state index in [0.29, 0.717) is 18.8 Å². The quantitative estimate of drug-likeness (QED) is 0.909. The van der Waals surface area contributed by atoms with Gasteiger partial charge in [0.05, 0.1) is 0 Å². The van der Waals surface area contributed by atoms with Crippen LogP contribution >= 0.6 is 0 Å². The number of carbonyl (C=O) groups excluding carboxylic acids is 2. The first-order chi connectivity index (χ1) is 12.1. The van der Waals surface area contributed by atoms with Crippen LogP contribution in [0.2, 0.25) is 0 Å². The number of ether oxygens (including phenoxy) is 1. The van der Waals surface area contributed by atoms with E-state index in [2.05, 4.69) is 11.4 Å². The Hall–Kier alpha value is -2.82. The van der Waals surface area contributed by atoms with E-state index in [-0.39, 0.29) is 18.4 Å².